The van der Waals surface area contributed by atoms with Crippen LogP contribution in [0.4, 0.5) is 10.1 Å². The van der Waals surface area contributed by atoms with Crippen LogP contribution in [0, 0.1) is 5.82 Å². The first-order chi connectivity index (χ1) is 10.6. The first-order valence-corrected chi connectivity index (χ1v) is 7.07. The molecule has 2 aromatic carbocycles. The fourth-order valence-electron chi connectivity index (χ4n) is 2.46. The van der Waals surface area contributed by atoms with Crippen LogP contribution in [-0.4, -0.2) is 18.4 Å². The van der Waals surface area contributed by atoms with Crippen LogP contribution in [0.3, 0.4) is 0 Å². The third-order valence-corrected chi connectivity index (χ3v) is 3.60. The molecule has 4 nitrogen and oxygen atoms in total. The average molecular weight is 298 g/mol. The van der Waals surface area contributed by atoms with Crippen LogP contribution >= 0.6 is 0 Å². The van der Waals surface area contributed by atoms with Gasteiger partial charge in [-0.05, 0) is 47.9 Å². The molecule has 3 rings (SSSR count). The Morgan fingerprint density at radius 1 is 1.18 bits per heavy atom. The van der Waals surface area contributed by atoms with Gasteiger partial charge in [-0.1, -0.05) is 12.1 Å². The minimum atomic E-state index is -0.363. The lowest BCUT2D eigenvalue weighted by Crippen LogP contribution is -2.25. The van der Waals surface area contributed by atoms with Crippen molar-refractivity contribution in [2.24, 2.45) is 0 Å². The number of anilines is 1. The number of carbonyl (C=O) groups excluding carboxylic acids is 2. The Labute approximate surface area is 127 Å². The van der Waals surface area contributed by atoms with Gasteiger partial charge < -0.3 is 10.6 Å². The van der Waals surface area contributed by atoms with Gasteiger partial charge in [0, 0.05) is 17.8 Å². The Balaban J connectivity index is 1.55. The Hall–Kier alpha value is -2.69. The molecule has 112 valence electrons. The maximum atomic E-state index is 12.8. The highest BCUT2D eigenvalue weighted by Crippen LogP contribution is 2.23. The SMILES string of the molecule is O=C1Cc2cc(CCNC(=O)c3ccc(F)cc3)ccc2N1. The van der Waals surface area contributed by atoms with Gasteiger partial charge in [0.15, 0.2) is 0 Å². The molecule has 2 aromatic rings. The summed E-state index contributed by atoms with van der Waals surface area (Å²) >= 11 is 0. The van der Waals surface area contributed by atoms with E-state index in [0.717, 1.165) is 16.8 Å². The molecule has 0 spiro atoms. The minimum absolute atomic E-state index is 0.0109. The molecule has 1 aliphatic heterocycles. The number of amides is 2. The smallest absolute Gasteiger partial charge is 0.251 e. The van der Waals surface area contributed by atoms with E-state index < -0.39 is 0 Å². The number of nitrogens with one attached hydrogen (secondary N) is 2. The van der Waals surface area contributed by atoms with Gasteiger partial charge >= 0.3 is 0 Å². The van der Waals surface area contributed by atoms with E-state index in [9.17, 15) is 14.0 Å². The maximum absolute atomic E-state index is 12.8. The Bertz CT molecular complexity index is 726. The quantitative estimate of drug-likeness (QED) is 0.910. The second-order valence-corrected chi connectivity index (χ2v) is 5.23. The highest BCUT2D eigenvalue weighted by atomic mass is 19.1. The molecule has 1 aliphatic rings. The fourth-order valence-corrected chi connectivity index (χ4v) is 2.46. The van der Waals surface area contributed by atoms with Crippen molar-refractivity contribution in [3.63, 3.8) is 0 Å². The summed E-state index contributed by atoms with van der Waals surface area (Å²) in [6.45, 7) is 0.483. The van der Waals surface area contributed by atoms with Gasteiger partial charge in [-0.2, -0.15) is 0 Å². The second kappa shape index (κ2) is 5.97. The van der Waals surface area contributed by atoms with E-state index in [1.54, 1.807) is 0 Å². The fraction of sp³-hybridized carbons (Fsp3) is 0.176. The van der Waals surface area contributed by atoms with Crippen LogP contribution in [-0.2, 0) is 17.6 Å². The van der Waals surface area contributed by atoms with Gasteiger partial charge in [-0.25, -0.2) is 4.39 Å². The number of benzene rings is 2. The molecule has 0 radical (unpaired) electrons. The van der Waals surface area contributed by atoms with Gasteiger partial charge in [0.05, 0.1) is 6.42 Å². The lowest BCUT2D eigenvalue weighted by molar-refractivity contribution is -0.115. The van der Waals surface area contributed by atoms with E-state index in [1.165, 1.54) is 24.3 Å². The van der Waals surface area contributed by atoms with Crippen molar-refractivity contribution in [3.05, 3.63) is 65.0 Å². The molecule has 0 bridgehead atoms. The average Bonchev–Trinajstić information content (AvgIpc) is 2.87. The Morgan fingerprint density at radius 2 is 1.95 bits per heavy atom. The molecule has 0 aliphatic carbocycles. The Morgan fingerprint density at radius 3 is 2.73 bits per heavy atom. The molecule has 5 heteroatoms. The Kier molecular flexibility index (Phi) is 3.87. The number of fused-ring (bicyclic) bond motifs is 1. The summed E-state index contributed by atoms with van der Waals surface area (Å²) in [4.78, 5) is 23.2. The normalized spacial score (nSPS) is 12.7. The standard InChI is InChI=1S/C17H15FN2O2/c18-14-4-2-12(3-5-14)17(22)19-8-7-11-1-6-15-13(9-11)10-16(21)20-15/h1-6,9H,7-8,10H2,(H,19,22)(H,20,21). The molecular weight excluding hydrogens is 283 g/mol. The van der Waals surface area contributed by atoms with Crippen molar-refractivity contribution in [3.8, 4) is 0 Å². The van der Waals surface area contributed by atoms with Crippen LogP contribution in [0.2, 0.25) is 0 Å². The van der Waals surface area contributed by atoms with Gasteiger partial charge in [0.2, 0.25) is 5.91 Å². The van der Waals surface area contributed by atoms with Crippen LogP contribution in [0.1, 0.15) is 21.5 Å². The lowest BCUT2D eigenvalue weighted by atomic mass is 10.1. The van der Waals surface area contributed by atoms with E-state index in [2.05, 4.69) is 10.6 Å². The minimum Gasteiger partial charge on any atom is -0.352 e. The summed E-state index contributed by atoms with van der Waals surface area (Å²) in [6.07, 6.45) is 1.08. The zero-order valence-electron chi connectivity index (χ0n) is 11.9. The first kappa shape index (κ1) is 14.3. The van der Waals surface area contributed by atoms with Gasteiger partial charge in [-0.3, -0.25) is 9.59 Å². The number of halogens is 1. The number of hydrogen-bond acceptors (Lipinski definition) is 2. The predicted octanol–water partition coefficient (Wildman–Crippen LogP) is 2.29. The molecule has 2 N–H and O–H groups in total. The van der Waals surface area contributed by atoms with Crippen molar-refractivity contribution in [1.82, 2.24) is 5.32 Å². The molecular formula is C17H15FN2O2. The topological polar surface area (TPSA) is 58.2 Å². The van der Waals surface area contributed by atoms with Crippen LogP contribution in [0.15, 0.2) is 42.5 Å². The van der Waals surface area contributed by atoms with E-state index >= 15 is 0 Å². The van der Waals surface area contributed by atoms with Gasteiger partial charge in [0.25, 0.3) is 5.91 Å². The molecule has 0 unspecified atom stereocenters. The molecule has 0 saturated carbocycles. The number of carbonyl (C=O) groups is 2. The molecule has 0 atom stereocenters. The van der Waals surface area contributed by atoms with Crippen LogP contribution in [0.25, 0.3) is 0 Å². The largest absolute Gasteiger partial charge is 0.352 e. The summed E-state index contributed by atoms with van der Waals surface area (Å²) < 4.78 is 12.8. The second-order valence-electron chi connectivity index (χ2n) is 5.23. The van der Waals surface area contributed by atoms with E-state index in [-0.39, 0.29) is 17.6 Å². The predicted molar refractivity (Wildman–Crippen MR) is 81.2 cm³/mol. The molecule has 0 aromatic heterocycles. The van der Waals surface area contributed by atoms with Crippen molar-refractivity contribution >= 4 is 17.5 Å². The molecule has 0 saturated heterocycles. The number of hydrogen-bond donors (Lipinski definition) is 2. The summed E-state index contributed by atoms with van der Waals surface area (Å²) in [6, 6.07) is 11.2. The summed E-state index contributed by atoms with van der Waals surface area (Å²) in [5.74, 6) is -0.576. The molecule has 1 heterocycles. The van der Waals surface area contributed by atoms with Crippen LogP contribution < -0.4 is 10.6 Å². The number of rotatable bonds is 4. The summed E-state index contributed by atoms with van der Waals surface area (Å²) in [7, 11) is 0. The maximum Gasteiger partial charge on any atom is 0.251 e. The molecule has 22 heavy (non-hydrogen) atoms. The highest BCUT2D eigenvalue weighted by molar-refractivity contribution is 5.99. The van der Waals surface area contributed by atoms with Crippen LogP contribution in [0.5, 0.6) is 0 Å². The zero-order chi connectivity index (χ0) is 15.5. The zero-order valence-corrected chi connectivity index (χ0v) is 11.9. The molecule has 2 amide bonds. The van der Waals surface area contributed by atoms with Crippen molar-refractivity contribution in [2.75, 3.05) is 11.9 Å². The third-order valence-electron chi connectivity index (χ3n) is 3.60. The lowest BCUT2D eigenvalue weighted by Gasteiger charge is -2.07. The van der Waals surface area contributed by atoms with E-state index in [4.69, 9.17) is 0 Å². The van der Waals surface area contributed by atoms with Crippen molar-refractivity contribution in [1.29, 1.82) is 0 Å². The van der Waals surface area contributed by atoms with Crippen molar-refractivity contribution < 1.29 is 14.0 Å². The molecule has 0 fully saturated rings. The van der Waals surface area contributed by atoms with E-state index in [1.807, 2.05) is 18.2 Å². The van der Waals surface area contributed by atoms with Gasteiger partial charge in [0.1, 0.15) is 5.82 Å². The van der Waals surface area contributed by atoms with E-state index in [0.29, 0.717) is 24.9 Å². The highest BCUT2D eigenvalue weighted by Gasteiger charge is 2.17. The van der Waals surface area contributed by atoms with Gasteiger partial charge in [-0.15, -0.1) is 0 Å². The first-order valence-electron chi connectivity index (χ1n) is 7.07. The van der Waals surface area contributed by atoms with Crippen molar-refractivity contribution in [2.45, 2.75) is 12.8 Å². The monoisotopic (exact) mass is 298 g/mol. The summed E-state index contributed by atoms with van der Waals surface area (Å²) in [5, 5.41) is 5.59. The third kappa shape index (κ3) is 3.14. The summed E-state index contributed by atoms with van der Waals surface area (Å²) in [5.41, 5.74) is 3.36.